The van der Waals surface area contributed by atoms with Gasteiger partial charge in [-0.05, 0) is 23.6 Å². The van der Waals surface area contributed by atoms with Crippen LogP contribution in [0.4, 0.5) is 5.82 Å². The summed E-state index contributed by atoms with van der Waals surface area (Å²) in [6.07, 6.45) is 1.56. The Morgan fingerprint density at radius 1 is 1.44 bits per heavy atom. The van der Waals surface area contributed by atoms with Crippen LogP contribution in [-0.2, 0) is 4.79 Å². The van der Waals surface area contributed by atoms with Crippen LogP contribution in [0.25, 0.3) is 10.8 Å². The number of anilines is 1. The molecule has 0 spiro atoms. The highest BCUT2D eigenvalue weighted by Crippen LogP contribution is 2.24. The van der Waals surface area contributed by atoms with E-state index in [0.29, 0.717) is 16.2 Å². The Morgan fingerprint density at radius 2 is 2.22 bits per heavy atom. The third-order valence-electron chi connectivity index (χ3n) is 2.52. The Bertz CT molecular complexity index is 589. The number of carbonyl (C=O) groups is 1. The molecule has 0 saturated heterocycles. The van der Waals surface area contributed by atoms with E-state index in [0.717, 1.165) is 5.39 Å². The normalized spacial score (nSPS) is 12.3. The Hall–Kier alpha value is -1.85. The fourth-order valence-electron chi connectivity index (χ4n) is 1.61. The largest absolute Gasteiger partial charge is 0.480 e. The fourth-order valence-corrected chi connectivity index (χ4v) is 1.78. The van der Waals surface area contributed by atoms with Gasteiger partial charge in [-0.2, -0.15) is 0 Å². The molecule has 0 fully saturated rings. The molecule has 94 valence electrons. The number of pyridine rings is 1. The van der Waals surface area contributed by atoms with Crippen molar-refractivity contribution in [2.75, 3.05) is 11.9 Å². The molecular weight excluding hydrogens is 256 g/mol. The van der Waals surface area contributed by atoms with Crippen LogP contribution in [0.3, 0.4) is 0 Å². The molecule has 2 aromatic rings. The van der Waals surface area contributed by atoms with E-state index < -0.39 is 18.6 Å². The molecule has 1 aromatic heterocycles. The van der Waals surface area contributed by atoms with Crippen molar-refractivity contribution in [2.24, 2.45) is 0 Å². The molecule has 2 rings (SSSR count). The number of hydrogen-bond acceptors (Lipinski definition) is 4. The molecule has 18 heavy (non-hydrogen) atoms. The number of aromatic nitrogens is 1. The quantitative estimate of drug-likeness (QED) is 0.785. The van der Waals surface area contributed by atoms with E-state index in [1.165, 1.54) is 0 Å². The maximum Gasteiger partial charge on any atom is 0.328 e. The summed E-state index contributed by atoms with van der Waals surface area (Å²) in [4.78, 5) is 14.9. The van der Waals surface area contributed by atoms with Crippen molar-refractivity contribution in [2.45, 2.75) is 6.04 Å². The highest BCUT2D eigenvalue weighted by Gasteiger charge is 2.17. The van der Waals surface area contributed by atoms with Gasteiger partial charge in [0.2, 0.25) is 0 Å². The minimum absolute atomic E-state index is 0.386. The van der Waals surface area contributed by atoms with Crippen molar-refractivity contribution in [3.05, 3.63) is 35.5 Å². The van der Waals surface area contributed by atoms with Crippen molar-refractivity contribution in [3.8, 4) is 0 Å². The Kier molecular flexibility index (Phi) is 3.64. The summed E-state index contributed by atoms with van der Waals surface area (Å²) in [7, 11) is 0. The van der Waals surface area contributed by atoms with Gasteiger partial charge in [0.1, 0.15) is 11.9 Å². The van der Waals surface area contributed by atoms with Crippen LogP contribution in [0, 0.1) is 0 Å². The smallest absolute Gasteiger partial charge is 0.328 e. The van der Waals surface area contributed by atoms with Gasteiger partial charge in [0.15, 0.2) is 0 Å². The highest BCUT2D eigenvalue weighted by atomic mass is 35.5. The van der Waals surface area contributed by atoms with E-state index in [2.05, 4.69) is 10.3 Å². The molecule has 1 atom stereocenters. The van der Waals surface area contributed by atoms with Crippen LogP contribution >= 0.6 is 11.6 Å². The SMILES string of the molecule is O=C(O)C(CO)Nc1nccc2ccc(Cl)cc12. The number of carboxylic acids is 1. The van der Waals surface area contributed by atoms with E-state index in [1.807, 2.05) is 6.07 Å². The molecule has 0 saturated carbocycles. The zero-order valence-corrected chi connectivity index (χ0v) is 10.1. The lowest BCUT2D eigenvalue weighted by atomic mass is 10.1. The number of aliphatic hydroxyl groups is 1. The van der Waals surface area contributed by atoms with Crippen molar-refractivity contribution in [1.29, 1.82) is 0 Å². The predicted octanol–water partition coefficient (Wildman–Crippen LogP) is 1.75. The lowest BCUT2D eigenvalue weighted by Gasteiger charge is -2.14. The molecular formula is C12H11ClN2O3. The first-order chi connectivity index (χ1) is 8.61. The monoisotopic (exact) mass is 266 g/mol. The molecule has 1 aromatic carbocycles. The second-order valence-electron chi connectivity index (χ2n) is 3.74. The zero-order chi connectivity index (χ0) is 13.1. The number of nitrogens with zero attached hydrogens (tertiary/aromatic N) is 1. The molecule has 1 heterocycles. The van der Waals surface area contributed by atoms with E-state index in [-0.39, 0.29) is 0 Å². The number of carboxylic acid groups (broad SMARTS) is 1. The van der Waals surface area contributed by atoms with Gasteiger partial charge in [-0.25, -0.2) is 9.78 Å². The molecule has 3 N–H and O–H groups in total. The highest BCUT2D eigenvalue weighted by molar-refractivity contribution is 6.31. The Morgan fingerprint density at radius 3 is 2.89 bits per heavy atom. The number of aliphatic carboxylic acids is 1. The fraction of sp³-hybridized carbons (Fsp3) is 0.167. The Balaban J connectivity index is 2.44. The average molecular weight is 267 g/mol. The Labute approximate surface area is 108 Å². The van der Waals surface area contributed by atoms with Crippen molar-refractivity contribution in [3.63, 3.8) is 0 Å². The molecule has 5 nitrogen and oxygen atoms in total. The number of aliphatic hydroxyl groups excluding tert-OH is 1. The molecule has 1 unspecified atom stereocenters. The molecule has 0 aliphatic heterocycles. The summed E-state index contributed by atoms with van der Waals surface area (Å²) in [6, 6.07) is 5.96. The maximum absolute atomic E-state index is 10.9. The average Bonchev–Trinajstić information content (AvgIpc) is 2.35. The van der Waals surface area contributed by atoms with Crippen molar-refractivity contribution in [1.82, 2.24) is 4.98 Å². The van der Waals surface area contributed by atoms with Gasteiger partial charge in [0, 0.05) is 16.6 Å². The van der Waals surface area contributed by atoms with E-state index in [9.17, 15) is 4.79 Å². The molecule has 0 radical (unpaired) electrons. The summed E-state index contributed by atoms with van der Waals surface area (Å²) in [6.45, 7) is -0.520. The number of halogens is 1. The van der Waals surface area contributed by atoms with E-state index in [4.69, 9.17) is 21.8 Å². The van der Waals surface area contributed by atoms with Crippen molar-refractivity contribution >= 4 is 34.2 Å². The molecule has 6 heteroatoms. The van der Waals surface area contributed by atoms with Crippen molar-refractivity contribution < 1.29 is 15.0 Å². The number of hydrogen-bond donors (Lipinski definition) is 3. The first-order valence-corrected chi connectivity index (χ1v) is 5.64. The van der Waals surface area contributed by atoms with Crippen LogP contribution in [-0.4, -0.2) is 33.8 Å². The lowest BCUT2D eigenvalue weighted by Crippen LogP contribution is -2.33. The van der Waals surface area contributed by atoms with Crippen LogP contribution in [0.2, 0.25) is 5.02 Å². The number of rotatable bonds is 4. The summed E-state index contributed by atoms with van der Waals surface area (Å²) < 4.78 is 0. The number of nitrogens with one attached hydrogen (secondary N) is 1. The van der Waals surface area contributed by atoms with E-state index >= 15 is 0 Å². The second kappa shape index (κ2) is 5.20. The van der Waals surface area contributed by atoms with Gasteiger partial charge in [0.25, 0.3) is 0 Å². The number of fused-ring (bicyclic) bond motifs is 1. The van der Waals surface area contributed by atoms with Crippen LogP contribution < -0.4 is 5.32 Å². The maximum atomic E-state index is 10.9. The minimum atomic E-state index is -1.14. The van der Waals surface area contributed by atoms with Gasteiger partial charge in [-0.15, -0.1) is 0 Å². The summed E-state index contributed by atoms with van der Waals surface area (Å²) in [5.74, 6) is -0.755. The van der Waals surface area contributed by atoms with Gasteiger partial charge in [-0.1, -0.05) is 17.7 Å². The summed E-state index contributed by atoms with van der Waals surface area (Å²) >= 11 is 5.90. The first kappa shape index (κ1) is 12.6. The van der Waals surface area contributed by atoms with Gasteiger partial charge >= 0.3 is 5.97 Å². The second-order valence-corrected chi connectivity index (χ2v) is 4.18. The first-order valence-electron chi connectivity index (χ1n) is 5.26. The molecule has 0 aliphatic carbocycles. The summed E-state index contributed by atoms with van der Waals surface area (Å²) in [5, 5.41) is 22.7. The summed E-state index contributed by atoms with van der Waals surface area (Å²) in [5.41, 5.74) is 0. The van der Waals surface area contributed by atoms with Gasteiger partial charge in [-0.3, -0.25) is 0 Å². The zero-order valence-electron chi connectivity index (χ0n) is 9.30. The van der Waals surface area contributed by atoms with Crippen LogP contribution in [0.5, 0.6) is 0 Å². The van der Waals surface area contributed by atoms with Crippen LogP contribution in [0.15, 0.2) is 30.5 Å². The molecule has 0 amide bonds. The standard InChI is InChI=1S/C12H11ClN2O3/c13-8-2-1-7-3-4-14-11(9(7)5-8)15-10(6-16)12(17)18/h1-5,10,16H,6H2,(H,14,15)(H,17,18). The molecule has 0 bridgehead atoms. The van der Waals surface area contributed by atoms with Gasteiger partial charge in [0.05, 0.1) is 6.61 Å². The van der Waals surface area contributed by atoms with Crippen LogP contribution in [0.1, 0.15) is 0 Å². The molecule has 0 aliphatic rings. The topological polar surface area (TPSA) is 82.5 Å². The predicted molar refractivity (Wildman–Crippen MR) is 68.9 cm³/mol. The number of benzene rings is 1. The van der Waals surface area contributed by atoms with E-state index in [1.54, 1.807) is 24.4 Å². The third kappa shape index (κ3) is 2.52. The lowest BCUT2D eigenvalue weighted by molar-refractivity contribution is -0.138. The van der Waals surface area contributed by atoms with Gasteiger partial charge < -0.3 is 15.5 Å². The third-order valence-corrected chi connectivity index (χ3v) is 2.75. The minimum Gasteiger partial charge on any atom is -0.480 e.